The summed E-state index contributed by atoms with van der Waals surface area (Å²) in [6.45, 7) is 7.59. The van der Waals surface area contributed by atoms with Crippen LogP contribution >= 0.6 is 0 Å². The number of hydrogen-bond donors (Lipinski definition) is 0. The third-order valence-electron chi connectivity index (χ3n) is 3.04. The van der Waals surface area contributed by atoms with Gasteiger partial charge in [-0.2, -0.15) is 0 Å². The van der Waals surface area contributed by atoms with Gasteiger partial charge in [0.05, 0.1) is 0 Å². The monoisotopic (exact) mass is 201 g/mol. The van der Waals surface area contributed by atoms with Gasteiger partial charge >= 0.3 is 0 Å². The van der Waals surface area contributed by atoms with Gasteiger partial charge in [-0.3, -0.25) is 4.21 Å². The summed E-state index contributed by atoms with van der Waals surface area (Å²) in [5, 5.41) is 0.755. The Morgan fingerprint density at radius 1 is 1.23 bits per heavy atom. The van der Waals surface area contributed by atoms with Crippen LogP contribution in [0.1, 0.15) is 26.7 Å². The molecule has 2 nitrogen and oxygen atoms in total. The van der Waals surface area contributed by atoms with E-state index in [2.05, 4.69) is 18.7 Å². The molecule has 1 aliphatic carbocycles. The van der Waals surface area contributed by atoms with Crippen molar-refractivity contribution in [3.05, 3.63) is 0 Å². The molecular formula is C10H19NOS. The molecule has 1 aliphatic heterocycles. The highest BCUT2D eigenvalue weighted by Gasteiger charge is 2.32. The summed E-state index contributed by atoms with van der Waals surface area (Å²) >= 11 is 0. The van der Waals surface area contributed by atoms with Crippen molar-refractivity contribution in [2.24, 2.45) is 5.92 Å². The van der Waals surface area contributed by atoms with E-state index in [1.54, 1.807) is 0 Å². The van der Waals surface area contributed by atoms with Crippen molar-refractivity contribution in [1.29, 1.82) is 0 Å². The molecule has 0 N–H and O–H groups in total. The molecule has 13 heavy (non-hydrogen) atoms. The Kier molecular flexibility index (Phi) is 2.75. The summed E-state index contributed by atoms with van der Waals surface area (Å²) in [6, 6.07) is 0. The van der Waals surface area contributed by atoms with Gasteiger partial charge in [0.1, 0.15) is 0 Å². The SMILES string of the molecule is CC1CN(CC2CC2)CC(C)S1=O. The van der Waals surface area contributed by atoms with E-state index in [9.17, 15) is 4.21 Å². The zero-order valence-corrected chi connectivity index (χ0v) is 9.35. The summed E-state index contributed by atoms with van der Waals surface area (Å²) in [5.41, 5.74) is 0. The lowest BCUT2D eigenvalue weighted by Gasteiger charge is -2.34. The normalized spacial score (nSPS) is 42.2. The van der Waals surface area contributed by atoms with Gasteiger partial charge in [-0.05, 0) is 32.6 Å². The molecule has 1 heterocycles. The number of nitrogens with zero attached hydrogens (tertiary/aromatic N) is 1. The summed E-state index contributed by atoms with van der Waals surface area (Å²) in [4.78, 5) is 2.51. The molecule has 2 unspecified atom stereocenters. The average molecular weight is 201 g/mol. The van der Waals surface area contributed by atoms with Crippen LogP contribution in [0, 0.1) is 5.92 Å². The van der Waals surface area contributed by atoms with Gasteiger partial charge in [-0.25, -0.2) is 0 Å². The Hall–Kier alpha value is 0.110. The minimum Gasteiger partial charge on any atom is -0.301 e. The number of rotatable bonds is 2. The first-order valence-corrected chi connectivity index (χ1v) is 6.56. The summed E-state index contributed by atoms with van der Waals surface area (Å²) in [5.74, 6) is 0.964. The van der Waals surface area contributed by atoms with Crippen molar-refractivity contribution >= 4 is 10.8 Å². The standard InChI is InChI=1S/C10H19NOS/c1-8-5-11(7-10-3-4-10)6-9(2)13(8)12/h8-10H,3-7H2,1-2H3. The van der Waals surface area contributed by atoms with Crippen LogP contribution in [0.5, 0.6) is 0 Å². The zero-order valence-electron chi connectivity index (χ0n) is 8.53. The second-order valence-corrected chi connectivity index (χ2v) is 6.88. The fourth-order valence-corrected chi connectivity index (χ4v) is 3.67. The zero-order chi connectivity index (χ0) is 9.42. The highest BCUT2D eigenvalue weighted by Crippen LogP contribution is 2.30. The molecule has 2 fully saturated rings. The Balaban J connectivity index is 1.88. The van der Waals surface area contributed by atoms with E-state index in [0.717, 1.165) is 19.0 Å². The van der Waals surface area contributed by atoms with Crippen molar-refractivity contribution < 1.29 is 4.21 Å². The number of hydrogen-bond acceptors (Lipinski definition) is 2. The lowest BCUT2D eigenvalue weighted by atomic mass is 10.3. The van der Waals surface area contributed by atoms with Crippen LogP contribution in [-0.4, -0.2) is 39.2 Å². The smallest absolute Gasteiger partial charge is 0.0450 e. The maximum Gasteiger partial charge on any atom is 0.0450 e. The van der Waals surface area contributed by atoms with Gasteiger partial charge in [-0.1, -0.05) is 0 Å². The van der Waals surface area contributed by atoms with Gasteiger partial charge in [0.2, 0.25) is 0 Å². The molecule has 1 saturated carbocycles. The molecule has 2 rings (SSSR count). The van der Waals surface area contributed by atoms with Crippen LogP contribution in [0.2, 0.25) is 0 Å². The third-order valence-corrected chi connectivity index (χ3v) is 4.92. The van der Waals surface area contributed by atoms with Gasteiger partial charge in [-0.15, -0.1) is 0 Å². The van der Waals surface area contributed by atoms with Crippen LogP contribution in [-0.2, 0) is 10.8 Å². The molecule has 0 spiro atoms. The Bertz CT molecular complexity index is 201. The molecule has 2 aliphatic rings. The Morgan fingerprint density at radius 2 is 1.77 bits per heavy atom. The van der Waals surface area contributed by atoms with E-state index in [1.807, 2.05) is 0 Å². The first-order valence-electron chi connectivity index (χ1n) is 5.28. The predicted octanol–water partition coefficient (Wildman–Crippen LogP) is 1.24. The van der Waals surface area contributed by atoms with Crippen molar-refractivity contribution in [1.82, 2.24) is 4.90 Å². The van der Waals surface area contributed by atoms with Crippen molar-refractivity contribution in [2.75, 3.05) is 19.6 Å². The summed E-state index contributed by atoms with van der Waals surface area (Å²) < 4.78 is 11.7. The quantitative estimate of drug-likeness (QED) is 0.670. The molecule has 0 radical (unpaired) electrons. The van der Waals surface area contributed by atoms with Crippen LogP contribution < -0.4 is 0 Å². The molecule has 76 valence electrons. The van der Waals surface area contributed by atoms with Crippen LogP contribution in [0.15, 0.2) is 0 Å². The highest BCUT2D eigenvalue weighted by atomic mass is 32.2. The van der Waals surface area contributed by atoms with Gasteiger partial charge in [0.15, 0.2) is 0 Å². The minimum atomic E-state index is -0.586. The molecule has 0 amide bonds. The lowest BCUT2D eigenvalue weighted by molar-refractivity contribution is 0.256. The fraction of sp³-hybridized carbons (Fsp3) is 1.00. The van der Waals surface area contributed by atoms with Gasteiger partial charge in [0.25, 0.3) is 0 Å². The molecule has 0 aromatic heterocycles. The van der Waals surface area contributed by atoms with E-state index in [-0.39, 0.29) is 0 Å². The topological polar surface area (TPSA) is 20.3 Å². The molecule has 0 aromatic rings. The van der Waals surface area contributed by atoms with Gasteiger partial charge < -0.3 is 4.90 Å². The summed E-state index contributed by atoms with van der Waals surface area (Å²) in [6.07, 6.45) is 2.84. The molecule has 2 atom stereocenters. The van der Waals surface area contributed by atoms with E-state index in [0.29, 0.717) is 10.5 Å². The van der Waals surface area contributed by atoms with Crippen molar-refractivity contribution in [3.8, 4) is 0 Å². The van der Waals surface area contributed by atoms with E-state index < -0.39 is 10.8 Å². The van der Waals surface area contributed by atoms with Gasteiger partial charge in [0, 0.05) is 40.9 Å². The average Bonchev–Trinajstić information content (AvgIpc) is 2.84. The third kappa shape index (κ3) is 2.32. The van der Waals surface area contributed by atoms with Crippen LogP contribution in [0.25, 0.3) is 0 Å². The second-order valence-electron chi connectivity index (χ2n) is 4.61. The maximum absolute atomic E-state index is 11.7. The lowest BCUT2D eigenvalue weighted by Crippen LogP contribution is -2.47. The van der Waals surface area contributed by atoms with Crippen molar-refractivity contribution in [2.45, 2.75) is 37.2 Å². The Morgan fingerprint density at radius 3 is 2.23 bits per heavy atom. The van der Waals surface area contributed by atoms with E-state index in [4.69, 9.17) is 0 Å². The first-order chi connectivity index (χ1) is 6.16. The van der Waals surface area contributed by atoms with Crippen LogP contribution in [0.3, 0.4) is 0 Å². The van der Waals surface area contributed by atoms with E-state index >= 15 is 0 Å². The summed E-state index contributed by atoms with van der Waals surface area (Å²) in [7, 11) is -0.586. The fourth-order valence-electron chi connectivity index (χ4n) is 2.16. The molecular weight excluding hydrogens is 182 g/mol. The second kappa shape index (κ2) is 3.70. The molecule has 1 saturated heterocycles. The Labute approximate surface area is 83.1 Å². The largest absolute Gasteiger partial charge is 0.301 e. The maximum atomic E-state index is 11.7. The highest BCUT2D eigenvalue weighted by molar-refractivity contribution is 7.86. The molecule has 0 bridgehead atoms. The van der Waals surface area contributed by atoms with E-state index in [1.165, 1.54) is 19.4 Å². The van der Waals surface area contributed by atoms with Crippen molar-refractivity contribution in [3.63, 3.8) is 0 Å². The molecule has 0 aromatic carbocycles. The molecule has 3 heteroatoms. The predicted molar refractivity (Wildman–Crippen MR) is 56.2 cm³/mol. The minimum absolute atomic E-state index is 0.377. The van der Waals surface area contributed by atoms with Crippen LogP contribution in [0.4, 0.5) is 0 Å². The first kappa shape index (κ1) is 9.66.